The zero-order valence-electron chi connectivity index (χ0n) is 28.7. The molecule has 1 atom stereocenters. The molecular formula is C39H77NO. The fourth-order valence-corrected chi connectivity index (χ4v) is 5.79. The summed E-state index contributed by atoms with van der Waals surface area (Å²) in [7, 11) is 0. The first-order valence-corrected chi connectivity index (χ1v) is 19.0. The summed E-state index contributed by atoms with van der Waals surface area (Å²) in [4.78, 5) is 2.35. The van der Waals surface area contributed by atoms with Crippen molar-refractivity contribution < 1.29 is 5.11 Å². The largest absolute Gasteiger partial charge is 0.378 e. The normalized spacial score (nSPS) is 12.9. The molecule has 0 aliphatic heterocycles. The third kappa shape index (κ3) is 32.2. The molecule has 1 unspecified atom stereocenters. The molecule has 0 aliphatic rings. The Labute approximate surface area is 260 Å². The lowest BCUT2D eigenvalue weighted by Crippen LogP contribution is -2.36. The molecule has 0 bridgehead atoms. The van der Waals surface area contributed by atoms with Crippen molar-refractivity contribution in [1.82, 2.24) is 4.90 Å². The number of allylic oxidation sites excluding steroid dienone is 4. The molecule has 0 amide bonds. The van der Waals surface area contributed by atoms with Crippen molar-refractivity contribution in [3.8, 4) is 0 Å². The SMILES string of the molecule is CCCCCCCC/C=C\CCCCCCCCN(CCCCCCCC/C=C\CCCCCCCC)C(O)CC. The average Bonchev–Trinajstić information content (AvgIpc) is 2.99. The van der Waals surface area contributed by atoms with Crippen molar-refractivity contribution in [3.63, 3.8) is 0 Å². The molecule has 0 radical (unpaired) electrons. The minimum Gasteiger partial charge on any atom is -0.378 e. The predicted octanol–water partition coefficient (Wildman–Crippen LogP) is 13.1. The van der Waals surface area contributed by atoms with E-state index in [1.54, 1.807) is 0 Å². The molecule has 2 heteroatoms. The summed E-state index contributed by atoms with van der Waals surface area (Å²) in [6, 6.07) is 0. The number of hydrogen-bond acceptors (Lipinski definition) is 2. The van der Waals surface area contributed by atoms with E-state index >= 15 is 0 Å². The fourth-order valence-electron chi connectivity index (χ4n) is 5.79. The third-order valence-corrected chi connectivity index (χ3v) is 8.70. The van der Waals surface area contributed by atoms with Gasteiger partial charge in [0.2, 0.25) is 0 Å². The maximum atomic E-state index is 10.5. The summed E-state index contributed by atoms with van der Waals surface area (Å²) in [5, 5.41) is 10.5. The molecule has 0 aromatic carbocycles. The highest BCUT2D eigenvalue weighted by Crippen LogP contribution is 2.14. The van der Waals surface area contributed by atoms with Gasteiger partial charge in [-0.2, -0.15) is 0 Å². The predicted molar refractivity (Wildman–Crippen MR) is 187 cm³/mol. The second-order valence-corrected chi connectivity index (χ2v) is 12.8. The maximum Gasteiger partial charge on any atom is 0.107 e. The van der Waals surface area contributed by atoms with Crippen LogP contribution in [0.3, 0.4) is 0 Å². The molecule has 1 N–H and O–H groups in total. The summed E-state index contributed by atoms with van der Waals surface area (Å²) in [6.45, 7) is 8.83. The monoisotopic (exact) mass is 576 g/mol. The van der Waals surface area contributed by atoms with Crippen LogP contribution in [-0.2, 0) is 0 Å². The molecule has 0 heterocycles. The summed E-state index contributed by atoms with van der Waals surface area (Å²) >= 11 is 0. The van der Waals surface area contributed by atoms with Crippen molar-refractivity contribution in [2.24, 2.45) is 0 Å². The van der Waals surface area contributed by atoms with E-state index in [4.69, 9.17) is 0 Å². The Morgan fingerprint density at radius 1 is 0.390 bits per heavy atom. The van der Waals surface area contributed by atoms with Gasteiger partial charge in [-0.3, -0.25) is 4.90 Å². The van der Waals surface area contributed by atoms with Crippen molar-refractivity contribution in [3.05, 3.63) is 24.3 Å². The van der Waals surface area contributed by atoms with Gasteiger partial charge in [0, 0.05) is 13.1 Å². The molecule has 0 aliphatic carbocycles. The lowest BCUT2D eigenvalue weighted by Gasteiger charge is -2.27. The molecule has 0 saturated carbocycles. The second kappa shape index (κ2) is 35.6. The summed E-state index contributed by atoms with van der Waals surface area (Å²) < 4.78 is 0. The lowest BCUT2D eigenvalue weighted by molar-refractivity contribution is -0.00100. The Hall–Kier alpha value is -0.600. The Kier molecular flexibility index (Phi) is 35.1. The molecule has 2 nitrogen and oxygen atoms in total. The average molecular weight is 576 g/mol. The minimum absolute atomic E-state index is 0.249. The zero-order chi connectivity index (χ0) is 29.9. The highest BCUT2D eigenvalue weighted by atomic mass is 16.3. The van der Waals surface area contributed by atoms with Crippen LogP contribution >= 0.6 is 0 Å². The number of aliphatic hydroxyl groups is 1. The van der Waals surface area contributed by atoms with E-state index in [-0.39, 0.29) is 6.23 Å². The van der Waals surface area contributed by atoms with E-state index in [2.05, 4.69) is 50.0 Å². The van der Waals surface area contributed by atoms with Crippen molar-refractivity contribution >= 4 is 0 Å². The maximum absolute atomic E-state index is 10.5. The van der Waals surface area contributed by atoms with E-state index in [9.17, 15) is 5.11 Å². The van der Waals surface area contributed by atoms with Gasteiger partial charge < -0.3 is 5.11 Å². The van der Waals surface area contributed by atoms with E-state index in [1.165, 1.54) is 180 Å². The molecular weight excluding hydrogens is 498 g/mol. The van der Waals surface area contributed by atoms with Crippen LogP contribution in [0.1, 0.15) is 207 Å². The van der Waals surface area contributed by atoms with E-state index < -0.39 is 0 Å². The highest BCUT2D eigenvalue weighted by Gasteiger charge is 2.12. The van der Waals surface area contributed by atoms with Crippen LogP contribution in [0.2, 0.25) is 0 Å². The van der Waals surface area contributed by atoms with Gasteiger partial charge in [0.1, 0.15) is 6.23 Å². The summed E-state index contributed by atoms with van der Waals surface area (Å²) in [5.74, 6) is 0. The standard InChI is InChI=1S/C39H77NO/c1-4-7-9-11-13-15-17-19-21-23-25-27-29-31-33-35-37-40(39(41)6-3)38-36-34-32-30-28-26-24-22-20-18-16-14-12-10-8-5-2/h19-22,39,41H,4-18,23-38H2,1-3H3/b21-19-,22-20-. The first-order chi connectivity index (χ1) is 20.3. The van der Waals surface area contributed by atoms with Crippen molar-refractivity contribution in [2.75, 3.05) is 13.1 Å². The number of aliphatic hydroxyl groups excluding tert-OH is 1. The molecule has 0 spiro atoms. The molecule has 0 fully saturated rings. The fraction of sp³-hybridized carbons (Fsp3) is 0.897. The van der Waals surface area contributed by atoms with Crippen LogP contribution in [0.4, 0.5) is 0 Å². The second-order valence-electron chi connectivity index (χ2n) is 12.8. The first kappa shape index (κ1) is 40.4. The van der Waals surface area contributed by atoms with Gasteiger partial charge in [0.15, 0.2) is 0 Å². The minimum atomic E-state index is -0.249. The quantitative estimate of drug-likeness (QED) is 0.0468. The highest BCUT2D eigenvalue weighted by molar-refractivity contribution is 4.82. The van der Waals surface area contributed by atoms with Gasteiger partial charge in [-0.1, -0.05) is 161 Å². The van der Waals surface area contributed by atoms with Gasteiger partial charge >= 0.3 is 0 Å². The molecule has 0 aromatic rings. The molecule has 41 heavy (non-hydrogen) atoms. The Bertz CT molecular complexity index is 486. The molecule has 0 saturated heterocycles. The number of unbranched alkanes of at least 4 members (excludes halogenated alkanes) is 24. The van der Waals surface area contributed by atoms with Gasteiger partial charge in [-0.05, 0) is 70.6 Å². The zero-order valence-corrected chi connectivity index (χ0v) is 28.7. The van der Waals surface area contributed by atoms with E-state index in [0.29, 0.717) is 0 Å². The van der Waals surface area contributed by atoms with Crippen LogP contribution in [-0.4, -0.2) is 29.3 Å². The Morgan fingerprint density at radius 2 is 0.659 bits per heavy atom. The molecule has 0 aromatic heterocycles. The van der Waals surface area contributed by atoms with Crippen LogP contribution in [0, 0.1) is 0 Å². The number of nitrogens with zero attached hydrogens (tertiary/aromatic N) is 1. The summed E-state index contributed by atoms with van der Waals surface area (Å²) in [6.07, 6.45) is 48.2. The van der Waals surface area contributed by atoms with Crippen LogP contribution in [0.15, 0.2) is 24.3 Å². The van der Waals surface area contributed by atoms with Gasteiger partial charge in [-0.25, -0.2) is 0 Å². The van der Waals surface area contributed by atoms with Gasteiger partial charge in [0.25, 0.3) is 0 Å². The summed E-state index contributed by atoms with van der Waals surface area (Å²) in [5.41, 5.74) is 0. The number of hydrogen-bond donors (Lipinski definition) is 1. The van der Waals surface area contributed by atoms with Crippen LogP contribution in [0.25, 0.3) is 0 Å². The number of rotatable bonds is 34. The van der Waals surface area contributed by atoms with Crippen molar-refractivity contribution in [2.45, 2.75) is 213 Å². The molecule has 0 rings (SSSR count). The molecule has 244 valence electrons. The van der Waals surface area contributed by atoms with E-state index in [0.717, 1.165) is 19.5 Å². The van der Waals surface area contributed by atoms with Gasteiger partial charge in [-0.15, -0.1) is 0 Å². The smallest absolute Gasteiger partial charge is 0.107 e. The van der Waals surface area contributed by atoms with Crippen LogP contribution < -0.4 is 0 Å². The van der Waals surface area contributed by atoms with Crippen LogP contribution in [0.5, 0.6) is 0 Å². The lowest BCUT2D eigenvalue weighted by atomic mass is 10.1. The van der Waals surface area contributed by atoms with Crippen molar-refractivity contribution in [1.29, 1.82) is 0 Å². The van der Waals surface area contributed by atoms with Gasteiger partial charge in [0.05, 0.1) is 0 Å². The topological polar surface area (TPSA) is 23.5 Å². The first-order valence-electron chi connectivity index (χ1n) is 19.0. The van der Waals surface area contributed by atoms with E-state index in [1.807, 2.05) is 0 Å². The Balaban J connectivity index is 3.57. The Morgan fingerprint density at radius 3 is 0.951 bits per heavy atom. The third-order valence-electron chi connectivity index (χ3n) is 8.70.